The highest BCUT2D eigenvalue weighted by molar-refractivity contribution is 7.91. The standard InChI is InChI=1S/C14H13Cl2NO3S/c1-20-11-6-7-14(13(16)8-11)17-21(18,19)9-10-4-2-3-5-12(10)15/h2-8,17H,9H2,1H3. The van der Waals surface area contributed by atoms with Crippen molar-refractivity contribution in [2.24, 2.45) is 0 Å². The maximum absolute atomic E-state index is 12.2. The summed E-state index contributed by atoms with van der Waals surface area (Å²) in [7, 11) is -2.11. The molecule has 0 radical (unpaired) electrons. The summed E-state index contributed by atoms with van der Waals surface area (Å²) >= 11 is 12.0. The lowest BCUT2D eigenvalue weighted by atomic mass is 10.2. The second kappa shape index (κ2) is 6.56. The van der Waals surface area contributed by atoms with Gasteiger partial charge < -0.3 is 4.74 Å². The molecule has 4 nitrogen and oxygen atoms in total. The largest absolute Gasteiger partial charge is 0.497 e. The van der Waals surface area contributed by atoms with Crippen molar-refractivity contribution in [3.63, 3.8) is 0 Å². The fourth-order valence-corrected chi connectivity index (χ4v) is 3.53. The van der Waals surface area contributed by atoms with Crippen molar-refractivity contribution < 1.29 is 13.2 Å². The Balaban J connectivity index is 2.20. The molecule has 0 atom stereocenters. The summed E-state index contributed by atoms with van der Waals surface area (Å²) in [5, 5.41) is 0.667. The zero-order valence-electron chi connectivity index (χ0n) is 11.1. The van der Waals surface area contributed by atoms with Gasteiger partial charge in [-0.15, -0.1) is 0 Å². The number of methoxy groups -OCH3 is 1. The molecule has 0 heterocycles. The zero-order valence-corrected chi connectivity index (χ0v) is 13.5. The van der Waals surface area contributed by atoms with Crippen LogP contribution in [0.4, 0.5) is 5.69 Å². The highest BCUT2D eigenvalue weighted by Gasteiger charge is 2.15. The van der Waals surface area contributed by atoms with E-state index in [1.54, 1.807) is 36.4 Å². The fraction of sp³-hybridized carbons (Fsp3) is 0.143. The number of anilines is 1. The highest BCUT2D eigenvalue weighted by atomic mass is 35.5. The van der Waals surface area contributed by atoms with Crippen LogP contribution in [0.25, 0.3) is 0 Å². The molecule has 0 amide bonds. The first-order valence-corrected chi connectivity index (χ1v) is 8.39. The monoisotopic (exact) mass is 345 g/mol. The SMILES string of the molecule is COc1ccc(NS(=O)(=O)Cc2ccccc2Cl)c(Cl)c1. The number of nitrogens with one attached hydrogen (secondary N) is 1. The molecule has 0 bridgehead atoms. The van der Waals surface area contributed by atoms with Gasteiger partial charge in [0.15, 0.2) is 0 Å². The number of rotatable bonds is 5. The van der Waals surface area contributed by atoms with E-state index in [-0.39, 0.29) is 10.8 Å². The van der Waals surface area contributed by atoms with Gasteiger partial charge in [-0.1, -0.05) is 41.4 Å². The van der Waals surface area contributed by atoms with Crippen molar-refractivity contribution in [2.75, 3.05) is 11.8 Å². The lowest BCUT2D eigenvalue weighted by Gasteiger charge is -2.11. The summed E-state index contributed by atoms with van der Waals surface area (Å²) < 4.78 is 31.8. The molecule has 0 spiro atoms. The van der Waals surface area contributed by atoms with Crippen molar-refractivity contribution in [1.82, 2.24) is 0 Å². The molecule has 2 aromatic carbocycles. The van der Waals surface area contributed by atoms with E-state index < -0.39 is 10.0 Å². The Labute approximate surface area is 133 Å². The molecule has 0 aromatic heterocycles. The summed E-state index contributed by atoms with van der Waals surface area (Å²) in [6.45, 7) is 0. The number of hydrogen-bond acceptors (Lipinski definition) is 3. The fourth-order valence-electron chi connectivity index (χ4n) is 1.73. The number of benzene rings is 2. The molecule has 112 valence electrons. The van der Waals surface area contributed by atoms with E-state index >= 15 is 0 Å². The van der Waals surface area contributed by atoms with Gasteiger partial charge in [-0.05, 0) is 23.8 Å². The molecular weight excluding hydrogens is 333 g/mol. The Morgan fingerprint density at radius 2 is 1.81 bits per heavy atom. The van der Waals surface area contributed by atoms with Gasteiger partial charge in [0.25, 0.3) is 0 Å². The van der Waals surface area contributed by atoms with E-state index in [0.29, 0.717) is 22.0 Å². The third-order valence-corrected chi connectivity index (χ3v) is 4.65. The maximum Gasteiger partial charge on any atom is 0.237 e. The van der Waals surface area contributed by atoms with E-state index in [9.17, 15) is 8.42 Å². The Morgan fingerprint density at radius 1 is 1.10 bits per heavy atom. The topological polar surface area (TPSA) is 55.4 Å². The molecule has 1 N–H and O–H groups in total. The first kappa shape index (κ1) is 15.9. The Bertz CT molecular complexity index is 748. The molecule has 2 rings (SSSR count). The molecular formula is C14H13Cl2NO3S. The van der Waals surface area contributed by atoms with Crippen LogP contribution in [0.5, 0.6) is 5.75 Å². The van der Waals surface area contributed by atoms with E-state index in [1.165, 1.54) is 13.2 Å². The van der Waals surface area contributed by atoms with Gasteiger partial charge in [0, 0.05) is 11.1 Å². The van der Waals surface area contributed by atoms with E-state index in [4.69, 9.17) is 27.9 Å². The van der Waals surface area contributed by atoms with Gasteiger partial charge in [-0.3, -0.25) is 4.72 Å². The molecule has 0 aliphatic rings. The highest BCUT2D eigenvalue weighted by Crippen LogP contribution is 2.28. The molecule has 0 aliphatic carbocycles. The van der Waals surface area contributed by atoms with Crippen LogP contribution in [0.15, 0.2) is 42.5 Å². The number of ether oxygens (including phenoxy) is 1. The van der Waals surface area contributed by atoms with Gasteiger partial charge in [-0.25, -0.2) is 8.42 Å². The molecule has 0 saturated heterocycles. The first-order valence-electron chi connectivity index (χ1n) is 5.99. The van der Waals surface area contributed by atoms with E-state index in [0.717, 1.165) is 0 Å². The first-order chi connectivity index (χ1) is 9.91. The quantitative estimate of drug-likeness (QED) is 0.892. The van der Waals surface area contributed by atoms with Crippen molar-refractivity contribution in [3.05, 3.63) is 58.1 Å². The van der Waals surface area contributed by atoms with Crippen LogP contribution < -0.4 is 9.46 Å². The van der Waals surface area contributed by atoms with E-state index in [2.05, 4.69) is 4.72 Å². The third-order valence-electron chi connectivity index (χ3n) is 2.75. The van der Waals surface area contributed by atoms with Crippen LogP contribution >= 0.6 is 23.2 Å². The van der Waals surface area contributed by atoms with Crippen LogP contribution in [-0.4, -0.2) is 15.5 Å². The molecule has 0 saturated carbocycles. The smallest absolute Gasteiger partial charge is 0.237 e. The van der Waals surface area contributed by atoms with Gasteiger partial charge in [0.1, 0.15) is 5.75 Å². The summed E-state index contributed by atoms with van der Waals surface area (Å²) in [5.41, 5.74) is 0.820. The number of sulfonamides is 1. The second-order valence-electron chi connectivity index (χ2n) is 4.30. The van der Waals surface area contributed by atoms with Gasteiger partial charge in [0.05, 0.1) is 23.6 Å². The molecule has 7 heteroatoms. The summed E-state index contributed by atoms with van der Waals surface area (Å²) in [6, 6.07) is 11.5. The molecule has 0 aliphatic heterocycles. The van der Waals surface area contributed by atoms with Crippen molar-refractivity contribution >= 4 is 38.9 Å². The molecule has 0 unspecified atom stereocenters. The van der Waals surface area contributed by atoms with Gasteiger partial charge in [-0.2, -0.15) is 0 Å². The van der Waals surface area contributed by atoms with E-state index in [1.807, 2.05) is 0 Å². The Hall–Kier alpha value is -1.43. The summed E-state index contributed by atoms with van der Waals surface area (Å²) in [5.74, 6) is 0.323. The van der Waals surface area contributed by atoms with Crippen LogP contribution in [0, 0.1) is 0 Å². The van der Waals surface area contributed by atoms with Crippen LogP contribution in [0.2, 0.25) is 10.0 Å². The van der Waals surface area contributed by atoms with Gasteiger partial charge >= 0.3 is 0 Å². The average molecular weight is 346 g/mol. The second-order valence-corrected chi connectivity index (χ2v) is 6.84. The normalized spacial score (nSPS) is 11.2. The molecule has 21 heavy (non-hydrogen) atoms. The zero-order chi connectivity index (χ0) is 15.5. The molecule has 0 fully saturated rings. The predicted molar refractivity (Wildman–Crippen MR) is 85.7 cm³/mol. The third kappa shape index (κ3) is 4.27. The lowest BCUT2D eigenvalue weighted by Crippen LogP contribution is -2.15. The lowest BCUT2D eigenvalue weighted by molar-refractivity contribution is 0.415. The van der Waals surface area contributed by atoms with Crippen LogP contribution in [0.3, 0.4) is 0 Å². The minimum Gasteiger partial charge on any atom is -0.497 e. The van der Waals surface area contributed by atoms with Crippen molar-refractivity contribution in [1.29, 1.82) is 0 Å². The summed E-state index contributed by atoms with van der Waals surface area (Å²) in [6.07, 6.45) is 0. The van der Waals surface area contributed by atoms with Crippen LogP contribution in [-0.2, 0) is 15.8 Å². The van der Waals surface area contributed by atoms with Crippen LogP contribution in [0.1, 0.15) is 5.56 Å². The molecule has 2 aromatic rings. The maximum atomic E-state index is 12.2. The Morgan fingerprint density at radius 3 is 2.43 bits per heavy atom. The number of halogens is 2. The minimum absolute atomic E-state index is 0.227. The summed E-state index contributed by atoms with van der Waals surface area (Å²) in [4.78, 5) is 0. The number of hydrogen-bond donors (Lipinski definition) is 1. The van der Waals surface area contributed by atoms with Crippen molar-refractivity contribution in [3.8, 4) is 5.75 Å². The average Bonchev–Trinajstić information content (AvgIpc) is 2.43. The Kier molecular flexibility index (Phi) is 4.98. The van der Waals surface area contributed by atoms with Gasteiger partial charge in [0.2, 0.25) is 10.0 Å². The minimum atomic E-state index is -3.61. The van der Waals surface area contributed by atoms with Crippen molar-refractivity contribution in [2.45, 2.75) is 5.75 Å². The predicted octanol–water partition coefficient (Wildman–Crippen LogP) is 3.94.